The van der Waals surface area contributed by atoms with E-state index in [-0.39, 0.29) is 5.91 Å². The minimum Gasteiger partial charge on any atom is -0.355 e. The van der Waals surface area contributed by atoms with Crippen molar-refractivity contribution < 1.29 is 4.79 Å². The summed E-state index contributed by atoms with van der Waals surface area (Å²) in [7, 11) is 1.55. The Morgan fingerprint density at radius 3 is 3.07 bits per heavy atom. The molecule has 0 spiro atoms. The maximum atomic E-state index is 11.4. The van der Waals surface area contributed by atoms with Crippen LogP contribution in [0, 0.1) is 0 Å². The van der Waals surface area contributed by atoms with Crippen LogP contribution in [0.3, 0.4) is 0 Å². The Balaban J connectivity index is 2.69. The minimum absolute atomic E-state index is 0.257. The molecule has 2 aromatic heterocycles. The van der Waals surface area contributed by atoms with E-state index in [1.165, 1.54) is 17.5 Å². The van der Waals surface area contributed by atoms with Gasteiger partial charge in [0.15, 0.2) is 0 Å². The molecule has 0 aliphatic rings. The highest BCUT2D eigenvalue weighted by atomic mass is 35.5. The quantitative estimate of drug-likeness (QED) is 0.753. The van der Waals surface area contributed by atoms with Gasteiger partial charge >= 0.3 is 0 Å². The largest absolute Gasteiger partial charge is 0.355 e. The van der Waals surface area contributed by atoms with Crippen molar-refractivity contribution in [3.05, 3.63) is 16.8 Å². The molecule has 2 rings (SSSR count). The van der Waals surface area contributed by atoms with Crippen molar-refractivity contribution in [3.8, 4) is 0 Å². The Kier molecular flexibility index (Phi) is 2.94. The Morgan fingerprint density at radius 2 is 2.40 bits per heavy atom. The maximum Gasteiger partial charge on any atom is 0.254 e. The van der Waals surface area contributed by atoms with Crippen LogP contribution in [0.4, 0.5) is 0 Å². The van der Waals surface area contributed by atoms with E-state index in [0.29, 0.717) is 16.1 Å². The number of amides is 1. The standard InChI is InChI=1S/C8H5ClN3OS.Al/c1-10-7(13)4-2-11-8-6(5(4)9)12-3-14-8;/h2H,1H3,(H,10,13);. The fourth-order valence-corrected chi connectivity index (χ4v) is 2.63. The summed E-state index contributed by atoms with van der Waals surface area (Å²) in [6.45, 7) is 0. The molecule has 0 aliphatic heterocycles. The van der Waals surface area contributed by atoms with Gasteiger partial charge in [0.25, 0.3) is 5.91 Å². The van der Waals surface area contributed by atoms with Gasteiger partial charge in [-0.2, -0.15) is 0 Å². The Morgan fingerprint density at radius 1 is 1.67 bits per heavy atom. The summed E-state index contributed by atoms with van der Waals surface area (Å²) in [6, 6.07) is 0. The van der Waals surface area contributed by atoms with Crippen LogP contribution in [-0.4, -0.2) is 39.2 Å². The van der Waals surface area contributed by atoms with E-state index in [2.05, 4.69) is 31.6 Å². The van der Waals surface area contributed by atoms with Gasteiger partial charge in [0.05, 0.1) is 10.6 Å². The molecule has 2 radical (unpaired) electrons. The normalized spacial score (nSPS) is 10.5. The van der Waals surface area contributed by atoms with E-state index in [0.717, 1.165) is 8.70 Å². The summed E-state index contributed by atoms with van der Waals surface area (Å²) < 4.78 is 0.799. The highest BCUT2D eigenvalue weighted by Gasteiger charge is 2.14. The van der Waals surface area contributed by atoms with Gasteiger partial charge < -0.3 is 5.32 Å². The lowest BCUT2D eigenvalue weighted by atomic mass is 10.2. The molecule has 1 amide bonds. The van der Waals surface area contributed by atoms with Crippen LogP contribution >= 0.6 is 22.9 Å². The second-order valence-electron chi connectivity index (χ2n) is 2.77. The lowest BCUT2D eigenvalue weighted by Crippen LogP contribution is -2.18. The van der Waals surface area contributed by atoms with Crippen LogP contribution in [0.15, 0.2) is 6.20 Å². The van der Waals surface area contributed by atoms with Crippen LogP contribution < -0.4 is 9.19 Å². The number of fused-ring (bicyclic) bond motifs is 1. The molecule has 2 aromatic rings. The highest BCUT2D eigenvalue weighted by Crippen LogP contribution is 2.25. The van der Waals surface area contributed by atoms with Crippen molar-refractivity contribution in [2.24, 2.45) is 0 Å². The van der Waals surface area contributed by atoms with Crippen LogP contribution in [0.1, 0.15) is 10.4 Å². The van der Waals surface area contributed by atoms with E-state index in [1.807, 2.05) is 0 Å². The molecule has 4 nitrogen and oxygen atoms in total. The first-order chi connectivity index (χ1) is 7.13. The number of halogens is 1. The number of pyridine rings is 1. The first kappa shape index (κ1) is 10.8. The highest BCUT2D eigenvalue weighted by molar-refractivity contribution is 7.25. The van der Waals surface area contributed by atoms with Crippen molar-refractivity contribution in [1.82, 2.24) is 15.3 Å². The van der Waals surface area contributed by atoms with Gasteiger partial charge in [0.1, 0.15) is 10.3 Å². The lowest BCUT2D eigenvalue weighted by molar-refractivity contribution is 0.0963. The van der Waals surface area contributed by atoms with Crippen molar-refractivity contribution in [2.45, 2.75) is 0 Å². The molecule has 0 saturated heterocycles. The van der Waals surface area contributed by atoms with E-state index in [4.69, 9.17) is 11.6 Å². The van der Waals surface area contributed by atoms with Crippen LogP contribution in [0.5, 0.6) is 0 Å². The summed E-state index contributed by atoms with van der Waals surface area (Å²) in [5.74, 6) is -0.257. The predicted octanol–water partition coefficient (Wildman–Crippen LogP) is 0.498. The third-order valence-corrected chi connectivity index (χ3v) is 3.51. The number of hydrogen-bond donors (Lipinski definition) is 1. The maximum absolute atomic E-state index is 11.4. The number of nitrogens with zero attached hydrogens (tertiary/aromatic N) is 2. The number of rotatable bonds is 1. The molecule has 15 heavy (non-hydrogen) atoms. The topological polar surface area (TPSA) is 54.9 Å². The zero-order valence-corrected chi connectivity index (χ0v) is 10.5. The van der Waals surface area contributed by atoms with Gasteiger partial charge in [-0.25, -0.2) is 4.98 Å². The monoisotopic (exact) mass is 253 g/mol. The van der Waals surface area contributed by atoms with Gasteiger partial charge in [0, 0.05) is 13.2 Å². The molecular weight excluding hydrogens is 249 g/mol. The second-order valence-corrected chi connectivity index (χ2v) is 5.12. The zero-order valence-electron chi connectivity index (χ0n) is 7.74. The molecule has 1 N–H and O–H groups in total. The fraction of sp³-hybridized carbons (Fsp3) is 0.125. The molecule has 0 atom stereocenters. The first-order valence-corrected chi connectivity index (χ1v) is 5.83. The zero-order chi connectivity index (χ0) is 11.0. The number of carbonyl (C=O) groups is 1. The predicted molar refractivity (Wildman–Crippen MR) is 61.2 cm³/mol. The molecule has 0 unspecified atom stereocenters. The molecule has 0 fully saturated rings. The number of nitrogens with one attached hydrogen (secondary N) is 1. The molecule has 7 heteroatoms. The Labute approximate surface area is 103 Å². The fourth-order valence-electron chi connectivity index (χ4n) is 1.16. The number of hydrogen-bond acceptors (Lipinski definition) is 4. The minimum atomic E-state index is -0.257. The van der Waals surface area contributed by atoms with Crippen molar-refractivity contribution in [2.75, 3.05) is 7.05 Å². The van der Waals surface area contributed by atoms with E-state index in [1.54, 1.807) is 7.05 Å². The number of thiazole rings is 1. The third kappa shape index (κ3) is 1.86. The lowest BCUT2D eigenvalue weighted by Gasteiger charge is -2.01. The van der Waals surface area contributed by atoms with E-state index < -0.39 is 0 Å². The molecule has 0 aliphatic carbocycles. The van der Waals surface area contributed by atoms with Crippen LogP contribution in [0.25, 0.3) is 10.3 Å². The summed E-state index contributed by atoms with van der Waals surface area (Å²) in [4.78, 5) is 20.5. The molecule has 0 bridgehead atoms. The summed E-state index contributed by atoms with van der Waals surface area (Å²) in [5.41, 5.74) is 0.926. The van der Waals surface area contributed by atoms with Gasteiger partial charge in [-0.3, -0.25) is 9.78 Å². The van der Waals surface area contributed by atoms with Gasteiger partial charge in [-0.15, -0.1) is 11.3 Å². The second kappa shape index (κ2) is 4.07. The first-order valence-electron chi connectivity index (χ1n) is 4.06. The average molecular weight is 254 g/mol. The van der Waals surface area contributed by atoms with Crippen molar-refractivity contribution >= 4 is 59.4 Å². The summed E-state index contributed by atoms with van der Waals surface area (Å²) >= 11 is 9.97. The number of aromatic nitrogens is 2. The Bertz CT molecular complexity index is 542. The van der Waals surface area contributed by atoms with Gasteiger partial charge in [-0.1, -0.05) is 11.6 Å². The van der Waals surface area contributed by atoms with Crippen molar-refractivity contribution in [3.63, 3.8) is 0 Å². The molecule has 2 heterocycles. The van der Waals surface area contributed by atoms with E-state index >= 15 is 0 Å². The van der Waals surface area contributed by atoms with Crippen molar-refractivity contribution in [1.29, 1.82) is 0 Å². The van der Waals surface area contributed by atoms with Crippen LogP contribution in [0.2, 0.25) is 5.02 Å². The molecule has 0 saturated carbocycles. The third-order valence-electron chi connectivity index (χ3n) is 1.85. The Hall–Kier alpha value is -0.668. The molecule has 74 valence electrons. The average Bonchev–Trinajstić information content (AvgIpc) is 2.59. The SMILES string of the molecule is CNC(=O)c1cnc2s[c]([Al])nc2c1Cl. The van der Waals surface area contributed by atoms with Crippen LogP contribution in [-0.2, 0) is 0 Å². The molecule has 0 aromatic carbocycles. The summed E-state index contributed by atoms with van der Waals surface area (Å²) in [6.07, 6.45) is 1.46. The van der Waals surface area contributed by atoms with E-state index in [9.17, 15) is 4.79 Å². The molecular formula is C8H5AlClN3OS. The van der Waals surface area contributed by atoms with Gasteiger partial charge in [0.2, 0.25) is 16.3 Å². The summed E-state index contributed by atoms with van der Waals surface area (Å²) in [5, 5.41) is 2.85. The smallest absolute Gasteiger partial charge is 0.254 e. The number of carbonyl (C=O) groups excluding carboxylic acids is 1. The van der Waals surface area contributed by atoms with Gasteiger partial charge in [-0.05, 0) is 3.87 Å².